The van der Waals surface area contributed by atoms with Crippen molar-refractivity contribution in [3.8, 4) is 0 Å². The smallest absolute Gasteiger partial charge is 0.550 e. The standard InChI is InChI=1S/2C4H8O3.Mg/c2*1-3(5)2-4(6)7;/h2*3,5H,2H2,1H3,(H,6,7);/q;;+2/p-2/t2*3-;/m00./s1. The first-order valence-electron chi connectivity index (χ1n) is 4.01. The predicted molar refractivity (Wildman–Crippen MR) is 48.4 cm³/mol. The maximum atomic E-state index is 9.54. The van der Waals surface area contributed by atoms with Gasteiger partial charge in [-0.3, -0.25) is 0 Å². The topological polar surface area (TPSA) is 121 Å². The van der Waals surface area contributed by atoms with Gasteiger partial charge >= 0.3 is 23.1 Å². The van der Waals surface area contributed by atoms with Crippen LogP contribution in [0.2, 0.25) is 0 Å². The third kappa shape index (κ3) is 31.7. The van der Waals surface area contributed by atoms with Crippen molar-refractivity contribution in [2.45, 2.75) is 38.9 Å². The molecule has 0 fully saturated rings. The maximum Gasteiger partial charge on any atom is 2.00 e. The summed E-state index contributed by atoms with van der Waals surface area (Å²) in [6.07, 6.45) is -2.13. The number of rotatable bonds is 4. The van der Waals surface area contributed by atoms with E-state index in [0.717, 1.165) is 0 Å². The van der Waals surface area contributed by atoms with Crippen molar-refractivity contribution < 1.29 is 30.0 Å². The summed E-state index contributed by atoms with van der Waals surface area (Å²) < 4.78 is 0. The quantitative estimate of drug-likeness (QED) is 0.487. The molecule has 0 amide bonds. The van der Waals surface area contributed by atoms with Crippen molar-refractivity contribution in [2.24, 2.45) is 0 Å². The van der Waals surface area contributed by atoms with Crippen LogP contribution >= 0.6 is 0 Å². The molecular formula is C8H14MgO6. The maximum absolute atomic E-state index is 9.54. The number of carbonyl (C=O) groups excluding carboxylic acids is 2. The summed E-state index contributed by atoms with van der Waals surface area (Å²) in [6.45, 7) is 2.80. The molecule has 6 nitrogen and oxygen atoms in total. The summed E-state index contributed by atoms with van der Waals surface area (Å²) in [5, 5.41) is 35.7. The largest absolute Gasteiger partial charge is 2.00 e. The van der Waals surface area contributed by atoms with E-state index < -0.39 is 24.1 Å². The Labute approximate surface area is 104 Å². The van der Waals surface area contributed by atoms with Crippen molar-refractivity contribution in [2.75, 3.05) is 0 Å². The van der Waals surface area contributed by atoms with Crippen LogP contribution in [0.3, 0.4) is 0 Å². The van der Waals surface area contributed by atoms with E-state index in [4.69, 9.17) is 10.2 Å². The van der Waals surface area contributed by atoms with E-state index in [-0.39, 0.29) is 35.9 Å². The molecule has 0 aliphatic heterocycles. The van der Waals surface area contributed by atoms with Crippen molar-refractivity contribution in [1.29, 1.82) is 0 Å². The average molecular weight is 230 g/mol. The summed E-state index contributed by atoms with van der Waals surface area (Å²) in [6, 6.07) is 0. The van der Waals surface area contributed by atoms with Gasteiger partial charge in [-0.2, -0.15) is 0 Å². The SMILES string of the molecule is C[C@H](O)CC(=O)[O-].C[C@H](O)CC(=O)[O-].[Mg+2]. The van der Waals surface area contributed by atoms with E-state index in [9.17, 15) is 19.8 Å². The van der Waals surface area contributed by atoms with Gasteiger partial charge in [0.15, 0.2) is 0 Å². The second-order valence-corrected chi connectivity index (χ2v) is 2.85. The number of aliphatic hydroxyl groups excluding tert-OH is 2. The van der Waals surface area contributed by atoms with Gasteiger partial charge < -0.3 is 30.0 Å². The zero-order chi connectivity index (χ0) is 11.7. The molecule has 0 bridgehead atoms. The van der Waals surface area contributed by atoms with Crippen LogP contribution in [0, 0.1) is 0 Å². The fraction of sp³-hybridized carbons (Fsp3) is 0.750. The predicted octanol–water partition coefficient (Wildman–Crippen LogP) is -3.37. The Balaban J connectivity index is -0.000000180. The van der Waals surface area contributed by atoms with E-state index in [0.29, 0.717) is 0 Å². The Hall–Kier alpha value is -0.374. The van der Waals surface area contributed by atoms with E-state index in [2.05, 4.69) is 0 Å². The van der Waals surface area contributed by atoms with Gasteiger partial charge in [0.25, 0.3) is 0 Å². The van der Waals surface area contributed by atoms with Gasteiger partial charge in [-0.1, -0.05) is 0 Å². The summed E-state index contributed by atoms with van der Waals surface area (Å²) >= 11 is 0. The second kappa shape index (κ2) is 11.7. The van der Waals surface area contributed by atoms with Gasteiger partial charge in [0.05, 0.1) is 12.2 Å². The van der Waals surface area contributed by atoms with E-state index in [1.54, 1.807) is 0 Å². The third-order valence-corrected chi connectivity index (χ3v) is 0.924. The minimum atomic E-state index is -1.21. The number of carboxylic acids is 2. The third-order valence-electron chi connectivity index (χ3n) is 0.924. The van der Waals surface area contributed by atoms with Gasteiger partial charge in [0, 0.05) is 24.8 Å². The van der Waals surface area contributed by atoms with E-state index in [1.807, 2.05) is 0 Å². The van der Waals surface area contributed by atoms with Crippen LogP contribution in [0.5, 0.6) is 0 Å². The van der Waals surface area contributed by atoms with Crippen molar-refractivity contribution in [1.82, 2.24) is 0 Å². The van der Waals surface area contributed by atoms with Crippen LogP contribution in [-0.4, -0.2) is 57.4 Å². The summed E-state index contributed by atoms with van der Waals surface area (Å²) in [7, 11) is 0. The zero-order valence-corrected chi connectivity index (χ0v) is 10.2. The number of hydrogen-bond acceptors (Lipinski definition) is 6. The Morgan fingerprint density at radius 2 is 1.20 bits per heavy atom. The molecular weight excluding hydrogens is 216 g/mol. The number of carboxylic acid groups (broad SMARTS) is 2. The molecule has 0 aliphatic rings. The molecule has 15 heavy (non-hydrogen) atoms. The zero-order valence-electron chi connectivity index (χ0n) is 8.80. The first-order chi connectivity index (χ1) is 6.25. The summed E-state index contributed by atoms with van der Waals surface area (Å²) in [4.78, 5) is 19.1. The van der Waals surface area contributed by atoms with Crippen LogP contribution in [0.25, 0.3) is 0 Å². The molecule has 0 aromatic heterocycles. The number of hydrogen-bond donors (Lipinski definition) is 2. The monoisotopic (exact) mass is 230 g/mol. The van der Waals surface area contributed by atoms with Crippen molar-refractivity contribution in [3.63, 3.8) is 0 Å². The Morgan fingerprint density at radius 3 is 1.20 bits per heavy atom. The molecule has 0 unspecified atom stereocenters. The molecule has 0 saturated carbocycles. The van der Waals surface area contributed by atoms with E-state index >= 15 is 0 Å². The van der Waals surface area contributed by atoms with Crippen LogP contribution in [-0.2, 0) is 9.59 Å². The molecule has 2 atom stereocenters. The first kappa shape index (κ1) is 20.1. The minimum Gasteiger partial charge on any atom is -0.550 e. The van der Waals surface area contributed by atoms with Gasteiger partial charge in [-0.25, -0.2) is 0 Å². The van der Waals surface area contributed by atoms with Crippen LogP contribution in [0.15, 0.2) is 0 Å². The first-order valence-corrected chi connectivity index (χ1v) is 4.01. The fourth-order valence-electron chi connectivity index (χ4n) is 0.482. The van der Waals surface area contributed by atoms with Gasteiger partial charge in [0.2, 0.25) is 0 Å². The van der Waals surface area contributed by atoms with Gasteiger partial charge in [-0.05, 0) is 13.8 Å². The molecule has 0 radical (unpaired) electrons. The average Bonchev–Trinajstić information content (AvgIpc) is 1.79. The minimum absolute atomic E-state index is 0. The van der Waals surface area contributed by atoms with Crippen LogP contribution in [0.4, 0.5) is 0 Å². The Bertz CT molecular complexity index is 160. The molecule has 0 aliphatic carbocycles. The molecule has 0 rings (SSSR count). The van der Waals surface area contributed by atoms with Gasteiger partial charge in [0.1, 0.15) is 0 Å². The number of aliphatic hydroxyl groups is 2. The fourth-order valence-corrected chi connectivity index (χ4v) is 0.482. The van der Waals surface area contributed by atoms with Crippen LogP contribution < -0.4 is 10.2 Å². The van der Waals surface area contributed by atoms with Crippen LogP contribution in [0.1, 0.15) is 26.7 Å². The molecule has 0 heterocycles. The molecule has 84 valence electrons. The number of carbonyl (C=O) groups is 2. The summed E-state index contributed by atoms with van der Waals surface area (Å²) in [5.41, 5.74) is 0. The molecule has 2 N–H and O–H groups in total. The molecule has 0 spiro atoms. The molecule has 7 heteroatoms. The van der Waals surface area contributed by atoms with Gasteiger partial charge in [-0.15, -0.1) is 0 Å². The summed E-state index contributed by atoms with van der Waals surface area (Å²) in [5.74, 6) is -2.43. The Kier molecular flexibility index (Phi) is 15.7. The van der Waals surface area contributed by atoms with Crippen molar-refractivity contribution in [3.05, 3.63) is 0 Å². The molecule has 0 aromatic carbocycles. The van der Waals surface area contributed by atoms with E-state index in [1.165, 1.54) is 13.8 Å². The Morgan fingerprint density at radius 1 is 1.00 bits per heavy atom. The number of aliphatic carboxylic acids is 2. The second-order valence-electron chi connectivity index (χ2n) is 2.85. The van der Waals surface area contributed by atoms with Crippen molar-refractivity contribution >= 4 is 35.0 Å². The molecule has 0 aromatic rings. The normalized spacial score (nSPS) is 12.5. The molecule has 0 saturated heterocycles.